The highest BCUT2D eigenvalue weighted by Gasteiger charge is 2.29. The summed E-state index contributed by atoms with van der Waals surface area (Å²) in [7, 11) is 1.94. The van der Waals surface area contributed by atoms with Crippen molar-refractivity contribution in [2.24, 2.45) is 13.0 Å². The number of aromatic nitrogens is 2. The minimum atomic E-state index is 0.581. The molecule has 84 valence electrons. The van der Waals surface area contributed by atoms with Gasteiger partial charge in [-0.15, -0.1) is 0 Å². The van der Waals surface area contributed by atoms with Gasteiger partial charge in [0.2, 0.25) is 0 Å². The molecule has 0 bridgehead atoms. The lowest BCUT2D eigenvalue weighted by Gasteiger charge is -2.30. The third-order valence-corrected chi connectivity index (χ3v) is 3.87. The lowest BCUT2D eigenvalue weighted by Crippen LogP contribution is -2.19. The summed E-state index contributed by atoms with van der Waals surface area (Å²) in [6.45, 7) is 4.45. The van der Waals surface area contributed by atoms with Gasteiger partial charge in [-0.25, -0.2) is 0 Å². The van der Waals surface area contributed by atoms with Crippen molar-refractivity contribution < 1.29 is 0 Å². The number of hydrogen-bond donors (Lipinski definition) is 1. The van der Waals surface area contributed by atoms with Crippen LogP contribution in [0.3, 0.4) is 0 Å². The van der Waals surface area contributed by atoms with Gasteiger partial charge >= 0.3 is 0 Å². The van der Waals surface area contributed by atoms with Crippen molar-refractivity contribution >= 4 is 5.82 Å². The van der Waals surface area contributed by atoms with E-state index >= 15 is 0 Å². The summed E-state index contributed by atoms with van der Waals surface area (Å²) in [5, 5.41) is 4.58. The molecule has 2 rings (SSSR count). The molecule has 1 fully saturated rings. The third kappa shape index (κ3) is 1.64. The number of hydrogen-bond acceptors (Lipinski definition) is 2. The number of nitrogens with zero attached hydrogens (tertiary/aromatic N) is 2. The van der Waals surface area contributed by atoms with Crippen molar-refractivity contribution in [2.75, 3.05) is 5.73 Å². The normalized spacial score (nSPS) is 18.9. The monoisotopic (exact) mass is 207 g/mol. The lowest BCUT2D eigenvalue weighted by atomic mass is 9.74. The number of rotatable bonds is 3. The van der Waals surface area contributed by atoms with Gasteiger partial charge in [0.1, 0.15) is 5.82 Å². The molecule has 1 heterocycles. The van der Waals surface area contributed by atoms with E-state index in [-0.39, 0.29) is 0 Å². The van der Waals surface area contributed by atoms with E-state index in [4.69, 9.17) is 5.73 Å². The standard InChI is InChI=1S/C12H21N3/c1-4-10-11(14-15(3)12(10)13)8(2)9-6-5-7-9/h8-9H,4-7,13H2,1-3H3. The number of aryl methyl sites for hydroxylation is 1. The zero-order valence-corrected chi connectivity index (χ0v) is 9.95. The number of nitrogen functional groups attached to an aromatic ring is 1. The molecule has 1 aromatic rings. The van der Waals surface area contributed by atoms with E-state index < -0.39 is 0 Å². The van der Waals surface area contributed by atoms with Crippen LogP contribution in [0, 0.1) is 5.92 Å². The highest BCUT2D eigenvalue weighted by atomic mass is 15.3. The van der Waals surface area contributed by atoms with Crippen LogP contribution in [0.1, 0.15) is 50.3 Å². The van der Waals surface area contributed by atoms with Crippen molar-refractivity contribution in [2.45, 2.75) is 45.4 Å². The maximum absolute atomic E-state index is 6.01. The van der Waals surface area contributed by atoms with Crippen molar-refractivity contribution in [3.05, 3.63) is 11.3 Å². The van der Waals surface area contributed by atoms with Crippen LogP contribution < -0.4 is 5.73 Å². The Hall–Kier alpha value is -0.990. The van der Waals surface area contributed by atoms with Gasteiger partial charge in [0.25, 0.3) is 0 Å². The van der Waals surface area contributed by atoms with Crippen LogP contribution in [-0.2, 0) is 13.5 Å². The third-order valence-electron chi connectivity index (χ3n) is 3.87. The van der Waals surface area contributed by atoms with Gasteiger partial charge in [-0.2, -0.15) is 5.10 Å². The molecule has 0 aromatic carbocycles. The molecular weight excluding hydrogens is 186 g/mol. The second-order valence-corrected chi connectivity index (χ2v) is 4.71. The van der Waals surface area contributed by atoms with E-state index in [2.05, 4.69) is 18.9 Å². The smallest absolute Gasteiger partial charge is 0.124 e. The molecule has 0 aliphatic heterocycles. The van der Waals surface area contributed by atoms with Crippen LogP contribution in [0.2, 0.25) is 0 Å². The number of anilines is 1. The maximum Gasteiger partial charge on any atom is 0.124 e. The second-order valence-electron chi connectivity index (χ2n) is 4.71. The first-order valence-electron chi connectivity index (χ1n) is 5.96. The van der Waals surface area contributed by atoms with Gasteiger partial charge in [0.15, 0.2) is 0 Å². The predicted octanol–water partition coefficient (Wildman–Crippen LogP) is 2.47. The summed E-state index contributed by atoms with van der Waals surface area (Å²) >= 11 is 0. The van der Waals surface area contributed by atoms with Crippen LogP contribution in [-0.4, -0.2) is 9.78 Å². The van der Waals surface area contributed by atoms with Crippen LogP contribution in [0.5, 0.6) is 0 Å². The molecule has 1 aliphatic rings. The number of nitrogens with two attached hydrogens (primary N) is 1. The summed E-state index contributed by atoms with van der Waals surface area (Å²) in [6, 6.07) is 0. The quantitative estimate of drug-likeness (QED) is 0.827. The Morgan fingerprint density at radius 2 is 2.20 bits per heavy atom. The molecule has 1 saturated carbocycles. The molecule has 1 aliphatic carbocycles. The Balaban J connectivity index is 2.29. The molecular formula is C12H21N3. The molecule has 0 saturated heterocycles. The van der Waals surface area contributed by atoms with Crippen molar-refractivity contribution in [3.8, 4) is 0 Å². The molecule has 15 heavy (non-hydrogen) atoms. The average molecular weight is 207 g/mol. The van der Waals surface area contributed by atoms with E-state index in [0.717, 1.165) is 18.2 Å². The van der Waals surface area contributed by atoms with Crippen LogP contribution in [0.15, 0.2) is 0 Å². The van der Waals surface area contributed by atoms with E-state index in [9.17, 15) is 0 Å². The lowest BCUT2D eigenvalue weighted by molar-refractivity contribution is 0.267. The first-order chi connectivity index (χ1) is 7.15. The maximum atomic E-state index is 6.01. The molecule has 0 radical (unpaired) electrons. The largest absolute Gasteiger partial charge is 0.384 e. The fourth-order valence-electron chi connectivity index (χ4n) is 2.49. The van der Waals surface area contributed by atoms with Crippen LogP contribution in [0.4, 0.5) is 5.82 Å². The molecule has 1 unspecified atom stereocenters. The van der Waals surface area contributed by atoms with E-state index in [1.54, 1.807) is 0 Å². The Kier molecular flexibility index (Phi) is 2.72. The van der Waals surface area contributed by atoms with Gasteiger partial charge in [0, 0.05) is 18.5 Å². The summed E-state index contributed by atoms with van der Waals surface area (Å²) in [5.41, 5.74) is 8.51. The zero-order chi connectivity index (χ0) is 11.0. The summed E-state index contributed by atoms with van der Waals surface area (Å²) in [4.78, 5) is 0. The Morgan fingerprint density at radius 3 is 2.67 bits per heavy atom. The molecule has 0 spiro atoms. The van der Waals surface area contributed by atoms with Gasteiger partial charge in [0.05, 0.1) is 5.69 Å². The van der Waals surface area contributed by atoms with Gasteiger partial charge in [-0.3, -0.25) is 4.68 Å². The molecule has 2 N–H and O–H groups in total. The predicted molar refractivity (Wildman–Crippen MR) is 62.8 cm³/mol. The minimum Gasteiger partial charge on any atom is -0.384 e. The average Bonchev–Trinajstić information content (AvgIpc) is 2.40. The Bertz CT molecular complexity index is 350. The molecule has 3 nitrogen and oxygen atoms in total. The second kappa shape index (κ2) is 3.87. The van der Waals surface area contributed by atoms with Crippen molar-refractivity contribution in [1.82, 2.24) is 9.78 Å². The highest BCUT2D eigenvalue weighted by Crippen LogP contribution is 2.40. The Labute approximate surface area is 91.7 Å². The van der Waals surface area contributed by atoms with Gasteiger partial charge in [-0.1, -0.05) is 20.3 Å². The molecule has 1 aromatic heterocycles. The highest BCUT2D eigenvalue weighted by molar-refractivity contribution is 5.44. The van der Waals surface area contributed by atoms with Gasteiger partial charge < -0.3 is 5.73 Å². The summed E-state index contributed by atoms with van der Waals surface area (Å²) in [5.74, 6) is 2.26. The summed E-state index contributed by atoms with van der Waals surface area (Å²) in [6.07, 6.45) is 5.10. The minimum absolute atomic E-state index is 0.581. The first-order valence-corrected chi connectivity index (χ1v) is 5.96. The summed E-state index contributed by atoms with van der Waals surface area (Å²) < 4.78 is 1.82. The topological polar surface area (TPSA) is 43.8 Å². The first kappa shape index (κ1) is 10.5. The molecule has 3 heteroatoms. The van der Waals surface area contributed by atoms with Crippen LogP contribution in [0.25, 0.3) is 0 Å². The van der Waals surface area contributed by atoms with Gasteiger partial charge in [-0.05, 0) is 25.2 Å². The Morgan fingerprint density at radius 1 is 1.53 bits per heavy atom. The molecule has 0 amide bonds. The van der Waals surface area contributed by atoms with Crippen molar-refractivity contribution in [1.29, 1.82) is 0 Å². The SMILES string of the molecule is CCc1c(C(C)C2CCC2)nn(C)c1N. The zero-order valence-electron chi connectivity index (χ0n) is 9.95. The van der Waals surface area contributed by atoms with E-state index in [0.29, 0.717) is 5.92 Å². The fraction of sp³-hybridized carbons (Fsp3) is 0.750. The fourth-order valence-corrected chi connectivity index (χ4v) is 2.49. The van der Waals surface area contributed by atoms with E-state index in [1.807, 2.05) is 11.7 Å². The van der Waals surface area contributed by atoms with E-state index in [1.165, 1.54) is 30.5 Å². The van der Waals surface area contributed by atoms with Crippen LogP contribution >= 0.6 is 0 Å². The molecule has 1 atom stereocenters. The van der Waals surface area contributed by atoms with Crippen molar-refractivity contribution in [3.63, 3.8) is 0 Å².